The van der Waals surface area contributed by atoms with Gasteiger partial charge in [0.15, 0.2) is 0 Å². The van der Waals surface area contributed by atoms with Gasteiger partial charge in [-0.2, -0.15) is 13.2 Å². The molecule has 0 saturated carbocycles. The monoisotopic (exact) mass is 530 g/mol. The van der Waals surface area contributed by atoms with Gasteiger partial charge in [-0.3, -0.25) is 4.79 Å². The van der Waals surface area contributed by atoms with E-state index in [1.54, 1.807) is 11.0 Å². The van der Waals surface area contributed by atoms with Crippen molar-refractivity contribution < 1.29 is 35.5 Å². The Labute approximate surface area is 206 Å². The standard InChI is InChI=1S/C23H26F4N4O4S/c1-28-36(33,34)17-3-5-20(30-10-12-35-13-11-30)18(15-17)22(32)31-8-6-29(7-9-31)21-4-2-16(14-19(21)24)23(25,26)27/h2-5,14-15,28H,6-13H2,1H3. The smallest absolute Gasteiger partial charge is 0.378 e. The summed E-state index contributed by atoms with van der Waals surface area (Å²) in [6.07, 6.45) is -4.64. The van der Waals surface area contributed by atoms with E-state index >= 15 is 0 Å². The van der Waals surface area contributed by atoms with Crippen LogP contribution in [-0.2, 0) is 20.9 Å². The summed E-state index contributed by atoms with van der Waals surface area (Å²) in [6.45, 7) is 2.81. The van der Waals surface area contributed by atoms with Crippen LogP contribution in [0.25, 0.3) is 0 Å². The van der Waals surface area contributed by atoms with Gasteiger partial charge >= 0.3 is 6.18 Å². The Kier molecular flexibility index (Phi) is 7.43. The lowest BCUT2D eigenvalue weighted by Gasteiger charge is -2.37. The fourth-order valence-electron chi connectivity index (χ4n) is 4.31. The fraction of sp³-hybridized carbons (Fsp3) is 0.435. The van der Waals surface area contributed by atoms with E-state index in [0.29, 0.717) is 38.1 Å². The molecule has 13 heteroatoms. The number of anilines is 2. The van der Waals surface area contributed by atoms with Crippen molar-refractivity contribution in [1.82, 2.24) is 9.62 Å². The van der Waals surface area contributed by atoms with Gasteiger partial charge in [-0.15, -0.1) is 0 Å². The molecule has 1 amide bonds. The third kappa shape index (κ3) is 5.42. The molecule has 196 valence electrons. The molecule has 0 bridgehead atoms. The van der Waals surface area contributed by atoms with Gasteiger partial charge in [-0.1, -0.05) is 0 Å². The van der Waals surface area contributed by atoms with Crippen molar-refractivity contribution in [3.63, 3.8) is 0 Å². The molecule has 2 fully saturated rings. The number of hydrogen-bond donors (Lipinski definition) is 1. The number of sulfonamides is 1. The van der Waals surface area contributed by atoms with Crippen LogP contribution in [0.4, 0.5) is 28.9 Å². The van der Waals surface area contributed by atoms with Crippen molar-refractivity contribution in [1.29, 1.82) is 0 Å². The summed E-state index contributed by atoms with van der Waals surface area (Å²) >= 11 is 0. The van der Waals surface area contributed by atoms with Gasteiger partial charge < -0.3 is 19.4 Å². The number of nitrogens with one attached hydrogen (secondary N) is 1. The number of carbonyl (C=O) groups excluding carboxylic acids is 1. The fourth-order valence-corrected chi connectivity index (χ4v) is 5.07. The molecule has 36 heavy (non-hydrogen) atoms. The van der Waals surface area contributed by atoms with Gasteiger partial charge in [0, 0.05) is 45.0 Å². The molecule has 0 aromatic heterocycles. The number of halogens is 4. The highest BCUT2D eigenvalue weighted by atomic mass is 32.2. The van der Waals surface area contributed by atoms with E-state index in [9.17, 15) is 30.8 Å². The molecule has 0 radical (unpaired) electrons. The van der Waals surface area contributed by atoms with Gasteiger partial charge in [0.05, 0.1) is 34.9 Å². The number of amides is 1. The molecule has 2 saturated heterocycles. The van der Waals surface area contributed by atoms with E-state index in [2.05, 4.69) is 4.72 Å². The number of hydrogen-bond acceptors (Lipinski definition) is 6. The Morgan fingerprint density at radius 3 is 2.11 bits per heavy atom. The molecule has 2 aliphatic rings. The molecule has 0 spiro atoms. The molecule has 4 rings (SSSR count). The number of morpholine rings is 1. The molecule has 0 atom stereocenters. The van der Waals surface area contributed by atoms with Crippen LogP contribution in [0.15, 0.2) is 41.3 Å². The lowest BCUT2D eigenvalue weighted by Crippen LogP contribution is -2.49. The molecule has 1 N–H and O–H groups in total. The lowest BCUT2D eigenvalue weighted by molar-refractivity contribution is -0.137. The highest BCUT2D eigenvalue weighted by Crippen LogP contribution is 2.33. The second-order valence-corrected chi connectivity index (χ2v) is 10.3. The van der Waals surface area contributed by atoms with Crippen molar-refractivity contribution >= 4 is 27.3 Å². The van der Waals surface area contributed by atoms with Gasteiger partial charge in [0.25, 0.3) is 5.91 Å². The first-order chi connectivity index (χ1) is 17.0. The average molecular weight is 531 g/mol. The summed E-state index contributed by atoms with van der Waals surface area (Å²) in [5, 5.41) is 0. The van der Waals surface area contributed by atoms with E-state index < -0.39 is 27.6 Å². The number of rotatable bonds is 5. The minimum atomic E-state index is -4.64. The van der Waals surface area contributed by atoms with E-state index in [-0.39, 0.29) is 48.2 Å². The highest BCUT2D eigenvalue weighted by Gasteiger charge is 2.33. The number of benzene rings is 2. The molecule has 8 nitrogen and oxygen atoms in total. The Morgan fingerprint density at radius 1 is 0.917 bits per heavy atom. The first-order valence-electron chi connectivity index (χ1n) is 11.3. The van der Waals surface area contributed by atoms with Crippen LogP contribution in [0.2, 0.25) is 0 Å². The van der Waals surface area contributed by atoms with Crippen LogP contribution < -0.4 is 14.5 Å². The summed E-state index contributed by atoms with van der Waals surface area (Å²) in [4.78, 5) is 18.6. The van der Waals surface area contributed by atoms with Gasteiger partial charge in [0.1, 0.15) is 5.82 Å². The molecular formula is C23H26F4N4O4S. The molecule has 2 aromatic rings. The van der Waals surface area contributed by atoms with Crippen LogP contribution in [-0.4, -0.2) is 78.8 Å². The van der Waals surface area contributed by atoms with Crippen molar-refractivity contribution in [3.05, 3.63) is 53.3 Å². The molecule has 2 heterocycles. The van der Waals surface area contributed by atoms with Gasteiger partial charge in [0.2, 0.25) is 10.0 Å². The predicted molar refractivity (Wildman–Crippen MR) is 125 cm³/mol. The minimum absolute atomic E-state index is 0.0335. The summed E-state index contributed by atoms with van der Waals surface area (Å²) in [6, 6.07) is 6.79. The Hall–Kier alpha value is -2.90. The maximum Gasteiger partial charge on any atom is 0.416 e. The van der Waals surface area contributed by atoms with E-state index in [1.165, 1.54) is 24.1 Å². The minimum Gasteiger partial charge on any atom is -0.378 e. The summed E-state index contributed by atoms with van der Waals surface area (Å²) < 4.78 is 85.4. The molecule has 2 aliphatic heterocycles. The Morgan fingerprint density at radius 2 is 1.53 bits per heavy atom. The number of ether oxygens (including phenoxy) is 1. The summed E-state index contributed by atoms with van der Waals surface area (Å²) in [5.74, 6) is -1.36. The van der Waals surface area contributed by atoms with Crippen molar-refractivity contribution in [3.8, 4) is 0 Å². The van der Waals surface area contributed by atoms with Crippen LogP contribution >= 0.6 is 0 Å². The topological polar surface area (TPSA) is 82.2 Å². The highest BCUT2D eigenvalue weighted by molar-refractivity contribution is 7.89. The largest absolute Gasteiger partial charge is 0.416 e. The van der Waals surface area contributed by atoms with Crippen LogP contribution in [0, 0.1) is 5.82 Å². The Bertz CT molecular complexity index is 1230. The quantitative estimate of drug-likeness (QED) is 0.599. The lowest BCUT2D eigenvalue weighted by atomic mass is 10.1. The van der Waals surface area contributed by atoms with Crippen LogP contribution in [0.3, 0.4) is 0 Å². The maximum absolute atomic E-state index is 14.4. The Balaban J connectivity index is 1.55. The average Bonchev–Trinajstić information content (AvgIpc) is 2.88. The zero-order valence-corrected chi connectivity index (χ0v) is 20.3. The van der Waals surface area contributed by atoms with Crippen molar-refractivity contribution in [2.24, 2.45) is 0 Å². The number of carbonyl (C=O) groups is 1. The first-order valence-corrected chi connectivity index (χ1v) is 12.8. The second-order valence-electron chi connectivity index (χ2n) is 8.43. The summed E-state index contributed by atoms with van der Waals surface area (Å²) in [5.41, 5.74) is -0.215. The molecule has 0 aliphatic carbocycles. The number of nitrogens with zero attached hydrogens (tertiary/aromatic N) is 3. The molecular weight excluding hydrogens is 504 g/mol. The molecule has 2 aromatic carbocycles. The van der Waals surface area contributed by atoms with Crippen LogP contribution in [0.5, 0.6) is 0 Å². The van der Waals surface area contributed by atoms with Crippen molar-refractivity contribution in [2.45, 2.75) is 11.1 Å². The van der Waals surface area contributed by atoms with Gasteiger partial charge in [-0.05, 0) is 43.4 Å². The van der Waals surface area contributed by atoms with Crippen LogP contribution in [0.1, 0.15) is 15.9 Å². The number of piperazine rings is 1. The maximum atomic E-state index is 14.4. The van der Waals surface area contributed by atoms with Crippen molar-refractivity contribution in [2.75, 3.05) is 69.3 Å². The molecule has 0 unspecified atom stereocenters. The summed E-state index contributed by atoms with van der Waals surface area (Å²) in [7, 11) is -2.51. The number of alkyl halides is 3. The predicted octanol–water partition coefficient (Wildman–Crippen LogP) is 2.55. The SMILES string of the molecule is CNS(=O)(=O)c1ccc(N2CCOCC2)c(C(=O)N2CCN(c3ccc(C(F)(F)F)cc3F)CC2)c1. The third-order valence-corrected chi connectivity index (χ3v) is 7.72. The second kappa shape index (κ2) is 10.2. The zero-order valence-electron chi connectivity index (χ0n) is 19.5. The first kappa shape index (κ1) is 26.2. The zero-order chi connectivity index (χ0) is 26.1. The van der Waals surface area contributed by atoms with Gasteiger partial charge in [-0.25, -0.2) is 17.5 Å². The normalized spacial score (nSPS) is 17.4. The van der Waals surface area contributed by atoms with E-state index in [1.807, 2.05) is 4.90 Å². The third-order valence-electron chi connectivity index (χ3n) is 6.31. The van der Waals surface area contributed by atoms with E-state index in [4.69, 9.17) is 4.74 Å². The van der Waals surface area contributed by atoms with E-state index in [0.717, 1.165) is 12.1 Å².